The number of carboxylic acid groups (broad SMARTS) is 1. The summed E-state index contributed by atoms with van der Waals surface area (Å²) < 4.78 is 4.75. The maximum atomic E-state index is 9.93. The van der Waals surface area contributed by atoms with E-state index in [-0.39, 0.29) is 11.7 Å². The summed E-state index contributed by atoms with van der Waals surface area (Å²) in [7, 11) is 0. The van der Waals surface area contributed by atoms with E-state index in [0.717, 1.165) is 0 Å². The predicted molar refractivity (Wildman–Crippen MR) is 39.9 cm³/mol. The summed E-state index contributed by atoms with van der Waals surface area (Å²) in [5, 5.41) is 10.7. The number of rotatable bonds is 3. The molecule has 5 heteroatoms. The number of ether oxygens (including phenoxy) is 1. The molecule has 0 aromatic heterocycles. The van der Waals surface area contributed by atoms with E-state index in [1.165, 1.54) is 0 Å². The van der Waals surface area contributed by atoms with Crippen LogP contribution in [-0.4, -0.2) is 29.4 Å². The molecule has 0 unspecified atom stereocenters. The second-order valence-electron chi connectivity index (χ2n) is 1.47. The lowest BCUT2D eigenvalue weighted by Gasteiger charge is -2.03. The molecule has 10 heavy (non-hydrogen) atoms. The van der Waals surface area contributed by atoms with Crippen LogP contribution in [-0.2, 0) is 9.53 Å². The highest BCUT2D eigenvalue weighted by Crippen LogP contribution is 1.75. The van der Waals surface area contributed by atoms with Crippen LogP contribution in [0.2, 0.25) is 0 Å². The van der Waals surface area contributed by atoms with Crippen LogP contribution in [0.1, 0.15) is 6.92 Å². The maximum Gasteiger partial charge on any atom is 0.323 e. The fourth-order valence-corrected chi connectivity index (χ4v) is 0.520. The molecule has 4 nitrogen and oxygen atoms in total. The SMILES string of the molecule is CCOC(=S)NCC(=O)O. The van der Waals surface area contributed by atoms with Gasteiger partial charge in [0.2, 0.25) is 0 Å². The zero-order chi connectivity index (χ0) is 7.98. The molecule has 0 heterocycles. The Morgan fingerprint density at radius 3 is 2.80 bits per heavy atom. The molecule has 0 saturated carbocycles. The fourth-order valence-electron chi connectivity index (χ4n) is 0.330. The highest BCUT2D eigenvalue weighted by molar-refractivity contribution is 7.80. The molecule has 0 rings (SSSR count). The van der Waals surface area contributed by atoms with Crippen molar-refractivity contribution in [3.8, 4) is 0 Å². The molecule has 0 atom stereocenters. The molecule has 58 valence electrons. The van der Waals surface area contributed by atoms with Crippen molar-refractivity contribution >= 4 is 23.4 Å². The van der Waals surface area contributed by atoms with Gasteiger partial charge in [0.05, 0.1) is 6.61 Å². The van der Waals surface area contributed by atoms with Crippen molar-refractivity contribution in [2.24, 2.45) is 0 Å². The van der Waals surface area contributed by atoms with Crippen LogP contribution in [0.3, 0.4) is 0 Å². The number of carbonyl (C=O) groups is 1. The topological polar surface area (TPSA) is 58.6 Å². The quantitative estimate of drug-likeness (QED) is 0.573. The van der Waals surface area contributed by atoms with Crippen LogP contribution in [0.4, 0.5) is 0 Å². The van der Waals surface area contributed by atoms with Crippen molar-refractivity contribution in [2.45, 2.75) is 6.92 Å². The van der Waals surface area contributed by atoms with Crippen LogP contribution in [0.25, 0.3) is 0 Å². The Kier molecular flexibility index (Phi) is 4.57. The molecule has 0 radical (unpaired) electrons. The van der Waals surface area contributed by atoms with Crippen LogP contribution in [0.5, 0.6) is 0 Å². The zero-order valence-electron chi connectivity index (χ0n) is 5.59. The van der Waals surface area contributed by atoms with Gasteiger partial charge in [0, 0.05) is 0 Å². The molecule has 2 N–H and O–H groups in total. The lowest BCUT2D eigenvalue weighted by atomic mass is 10.7. The highest BCUT2D eigenvalue weighted by atomic mass is 32.1. The molecule has 0 saturated heterocycles. The van der Waals surface area contributed by atoms with Crippen LogP contribution in [0.15, 0.2) is 0 Å². The Balaban J connectivity index is 3.30. The molecule has 0 aliphatic heterocycles. The van der Waals surface area contributed by atoms with E-state index < -0.39 is 5.97 Å². The van der Waals surface area contributed by atoms with Gasteiger partial charge >= 0.3 is 5.97 Å². The lowest BCUT2D eigenvalue weighted by molar-refractivity contribution is -0.135. The Hall–Kier alpha value is -0.840. The van der Waals surface area contributed by atoms with Crippen molar-refractivity contribution < 1.29 is 14.6 Å². The molecule has 0 aliphatic rings. The molecule has 0 fully saturated rings. The third-order valence-electron chi connectivity index (χ3n) is 0.659. The lowest BCUT2D eigenvalue weighted by Crippen LogP contribution is -2.29. The summed E-state index contributed by atoms with van der Waals surface area (Å²) in [4.78, 5) is 9.93. The van der Waals surface area contributed by atoms with E-state index in [0.29, 0.717) is 6.61 Å². The van der Waals surface area contributed by atoms with Gasteiger partial charge < -0.3 is 15.2 Å². The first kappa shape index (κ1) is 9.16. The Morgan fingerprint density at radius 2 is 2.40 bits per heavy atom. The van der Waals surface area contributed by atoms with E-state index in [4.69, 9.17) is 9.84 Å². The van der Waals surface area contributed by atoms with Crippen LogP contribution >= 0.6 is 12.2 Å². The third-order valence-corrected chi connectivity index (χ3v) is 0.922. The van der Waals surface area contributed by atoms with E-state index in [9.17, 15) is 4.79 Å². The Morgan fingerprint density at radius 1 is 1.80 bits per heavy atom. The first-order valence-electron chi connectivity index (χ1n) is 2.79. The Labute approximate surface area is 64.2 Å². The first-order valence-corrected chi connectivity index (χ1v) is 3.20. The minimum Gasteiger partial charge on any atom is -0.480 e. The van der Waals surface area contributed by atoms with Crippen molar-refractivity contribution in [3.63, 3.8) is 0 Å². The van der Waals surface area contributed by atoms with Gasteiger partial charge in [-0.25, -0.2) is 0 Å². The fraction of sp³-hybridized carbons (Fsp3) is 0.600. The van der Waals surface area contributed by atoms with Gasteiger partial charge in [0.15, 0.2) is 0 Å². The summed E-state index contributed by atoms with van der Waals surface area (Å²) >= 11 is 4.57. The van der Waals surface area contributed by atoms with Crippen LogP contribution < -0.4 is 5.32 Å². The number of hydrogen-bond donors (Lipinski definition) is 2. The molecule has 0 aromatic carbocycles. The normalized spacial score (nSPS) is 8.50. The number of thiocarbonyl (C=S) groups is 1. The van der Waals surface area contributed by atoms with Crippen molar-refractivity contribution in [3.05, 3.63) is 0 Å². The van der Waals surface area contributed by atoms with Gasteiger partial charge in [0.1, 0.15) is 6.54 Å². The van der Waals surface area contributed by atoms with Crippen molar-refractivity contribution in [1.82, 2.24) is 5.32 Å². The summed E-state index contributed by atoms with van der Waals surface area (Å²) in [6.07, 6.45) is 0. The molecule has 0 aromatic rings. The van der Waals surface area contributed by atoms with E-state index >= 15 is 0 Å². The van der Waals surface area contributed by atoms with Gasteiger partial charge in [-0.15, -0.1) is 0 Å². The smallest absolute Gasteiger partial charge is 0.323 e. The van der Waals surface area contributed by atoms with Crippen molar-refractivity contribution in [2.75, 3.05) is 13.2 Å². The summed E-state index contributed by atoms with van der Waals surface area (Å²) in [6.45, 7) is 2.03. The minimum atomic E-state index is -0.956. The van der Waals surface area contributed by atoms with E-state index in [2.05, 4.69) is 17.5 Å². The second-order valence-corrected chi connectivity index (χ2v) is 1.84. The van der Waals surface area contributed by atoms with E-state index in [1.807, 2.05) is 0 Å². The minimum absolute atomic E-state index is 0.130. The number of hydrogen-bond acceptors (Lipinski definition) is 3. The number of aliphatic carboxylic acids is 1. The van der Waals surface area contributed by atoms with Gasteiger partial charge in [-0.05, 0) is 19.1 Å². The van der Waals surface area contributed by atoms with Gasteiger partial charge in [0.25, 0.3) is 5.17 Å². The van der Waals surface area contributed by atoms with Crippen LogP contribution in [0, 0.1) is 0 Å². The van der Waals surface area contributed by atoms with Gasteiger partial charge in [-0.3, -0.25) is 4.79 Å². The third kappa shape index (κ3) is 5.30. The van der Waals surface area contributed by atoms with Gasteiger partial charge in [-0.1, -0.05) is 0 Å². The molecule has 0 amide bonds. The number of nitrogens with one attached hydrogen (secondary N) is 1. The summed E-state index contributed by atoms with van der Waals surface area (Å²) in [6, 6.07) is 0. The predicted octanol–water partition coefficient (Wildman–Crippen LogP) is -0.0180. The van der Waals surface area contributed by atoms with Gasteiger partial charge in [-0.2, -0.15) is 0 Å². The number of carboxylic acids is 1. The monoisotopic (exact) mass is 163 g/mol. The molecule has 0 bridgehead atoms. The van der Waals surface area contributed by atoms with E-state index in [1.54, 1.807) is 6.92 Å². The Bertz CT molecular complexity index is 137. The standard InChI is InChI=1S/C5H9NO3S/c1-2-9-5(10)6-3-4(7)8/h2-3H2,1H3,(H,6,10)(H,7,8). The maximum absolute atomic E-state index is 9.93. The largest absolute Gasteiger partial charge is 0.480 e. The average Bonchev–Trinajstić information content (AvgIpc) is 1.85. The average molecular weight is 163 g/mol. The molecule has 0 spiro atoms. The molecular formula is C5H9NO3S. The first-order chi connectivity index (χ1) is 4.66. The zero-order valence-corrected chi connectivity index (χ0v) is 6.40. The second kappa shape index (κ2) is 4.99. The summed E-state index contributed by atoms with van der Waals surface area (Å²) in [5.41, 5.74) is 0. The summed E-state index contributed by atoms with van der Waals surface area (Å²) in [5.74, 6) is -0.956. The molecular weight excluding hydrogens is 154 g/mol. The highest BCUT2D eigenvalue weighted by Gasteiger charge is 1.97. The molecule has 0 aliphatic carbocycles. The van der Waals surface area contributed by atoms with Crippen molar-refractivity contribution in [1.29, 1.82) is 0 Å².